The molecule has 0 saturated heterocycles. The molecule has 0 fully saturated rings. The Labute approximate surface area is 110 Å². The van der Waals surface area contributed by atoms with Crippen LogP contribution in [0.3, 0.4) is 0 Å². The number of carbonyl (C=O) groups is 2. The molecule has 1 aromatic rings. The second kappa shape index (κ2) is 4.37. The van der Waals surface area contributed by atoms with Crippen molar-refractivity contribution in [2.75, 3.05) is 11.4 Å². The van der Waals surface area contributed by atoms with Gasteiger partial charge < -0.3 is 10.0 Å². The number of Topliss-reactive ketones (excluding diaryl/α,β-unsaturated/α-hetero) is 1. The molecule has 0 saturated carbocycles. The number of fused-ring (bicyclic) bond motifs is 1. The maximum absolute atomic E-state index is 11.9. The van der Waals surface area contributed by atoms with Gasteiger partial charge in [-0.2, -0.15) is 0 Å². The summed E-state index contributed by atoms with van der Waals surface area (Å²) in [7, 11) is 0. The SMILES string of the molecule is CC(C)(O)CCN1C(=O)C(=O)c2cccc(Cl)c21. The minimum Gasteiger partial charge on any atom is -0.390 e. The van der Waals surface area contributed by atoms with E-state index in [1.165, 1.54) is 4.90 Å². The molecule has 1 aliphatic heterocycles. The quantitative estimate of drug-likeness (QED) is 0.853. The highest BCUT2D eigenvalue weighted by molar-refractivity contribution is 6.54. The molecule has 18 heavy (non-hydrogen) atoms. The van der Waals surface area contributed by atoms with Gasteiger partial charge >= 0.3 is 0 Å². The summed E-state index contributed by atoms with van der Waals surface area (Å²) in [4.78, 5) is 25.0. The molecule has 96 valence electrons. The Kier molecular flexibility index (Phi) is 3.17. The summed E-state index contributed by atoms with van der Waals surface area (Å²) in [6.07, 6.45) is 0.372. The van der Waals surface area contributed by atoms with Crippen LogP contribution in [0.4, 0.5) is 5.69 Å². The molecule has 0 atom stereocenters. The first-order valence-corrected chi connectivity index (χ1v) is 6.06. The summed E-state index contributed by atoms with van der Waals surface area (Å²) >= 11 is 6.04. The highest BCUT2D eigenvalue weighted by Crippen LogP contribution is 2.36. The third-order valence-electron chi connectivity index (χ3n) is 2.89. The van der Waals surface area contributed by atoms with Gasteiger partial charge in [0.1, 0.15) is 0 Å². The van der Waals surface area contributed by atoms with E-state index in [-0.39, 0.29) is 6.54 Å². The predicted octanol–water partition coefficient (Wildman–Crippen LogP) is 2.03. The number of rotatable bonds is 3. The van der Waals surface area contributed by atoms with Crippen LogP contribution in [-0.4, -0.2) is 28.9 Å². The second-order valence-corrected chi connectivity index (χ2v) is 5.39. The first-order chi connectivity index (χ1) is 8.31. The Balaban J connectivity index is 2.34. The molecule has 1 amide bonds. The van der Waals surface area contributed by atoms with Crippen molar-refractivity contribution in [2.45, 2.75) is 25.9 Å². The number of halogens is 1. The molecule has 1 aliphatic rings. The van der Waals surface area contributed by atoms with Crippen molar-refractivity contribution in [1.82, 2.24) is 0 Å². The van der Waals surface area contributed by atoms with Crippen molar-refractivity contribution in [2.24, 2.45) is 0 Å². The zero-order chi connectivity index (χ0) is 13.5. The van der Waals surface area contributed by atoms with Crippen LogP contribution in [0.5, 0.6) is 0 Å². The summed E-state index contributed by atoms with van der Waals surface area (Å²) in [5.41, 5.74) is -0.102. The molecule has 0 bridgehead atoms. The van der Waals surface area contributed by atoms with Gasteiger partial charge in [0.2, 0.25) is 0 Å². The summed E-state index contributed by atoms with van der Waals surface area (Å²) in [6, 6.07) is 4.88. The number of nitrogens with zero attached hydrogens (tertiary/aromatic N) is 1. The summed E-state index contributed by atoms with van der Waals surface area (Å²) in [6.45, 7) is 3.58. The number of anilines is 1. The standard InChI is InChI=1S/C13H14ClNO3/c1-13(2,18)6-7-15-10-8(11(16)12(15)17)4-3-5-9(10)14/h3-5,18H,6-7H2,1-2H3. The second-order valence-electron chi connectivity index (χ2n) is 4.98. The van der Waals surface area contributed by atoms with Gasteiger partial charge in [-0.25, -0.2) is 0 Å². The van der Waals surface area contributed by atoms with Gasteiger partial charge in [-0.05, 0) is 32.4 Å². The van der Waals surface area contributed by atoms with Crippen LogP contribution >= 0.6 is 11.6 Å². The van der Waals surface area contributed by atoms with Gasteiger partial charge in [0.25, 0.3) is 11.7 Å². The molecule has 1 aromatic carbocycles. The molecule has 0 spiro atoms. The number of ketones is 1. The van der Waals surface area contributed by atoms with Gasteiger partial charge in [-0.15, -0.1) is 0 Å². The number of aliphatic hydroxyl groups is 1. The third kappa shape index (κ3) is 2.26. The molecule has 0 unspecified atom stereocenters. The first-order valence-electron chi connectivity index (χ1n) is 5.68. The Morgan fingerprint density at radius 3 is 2.61 bits per heavy atom. The zero-order valence-electron chi connectivity index (χ0n) is 10.2. The topological polar surface area (TPSA) is 57.6 Å². The molecule has 5 heteroatoms. The predicted molar refractivity (Wildman–Crippen MR) is 69.1 cm³/mol. The van der Waals surface area contributed by atoms with Crippen LogP contribution in [0.15, 0.2) is 18.2 Å². The summed E-state index contributed by atoms with van der Waals surface area (Å²) < 4.78 is 0. The fraction of sp³-hybridized carbons (Fsp3) is 0.385. The molecular weight excluding hydrogens is 254 g/mol. The lowest BCUT2D eigenvalue weighted by molar-refractivity contribution is -0.114. The fourth-order valence-electron chi connectivity index (χ4n) is 1.91. The maximum Gasteiger partial charge on any atom is 0.299 e. The Bertz CT molecular complexity index is 519. The largest absolute Gasteiger partial charge is 0.390 e. The summed E-state index contributed by atoms with van der Waals surface area (Å²) in [5, 5.41) is 10.1. The number of amides is 1. The molecule has 1 N–H and O–H groups in total. The van der Waals surface area contributed by atoms with Crippen LogP contribution < -0.4 is 4.90 Å². The van der Waals surface area contributed by atoms with Crippen molar-refractivity contribution in [3.63, 3.8) is 0 Å². The van der Waals surface area contributed by atoms with E-state index in [4.69, 9.17) is 11.6 Å². The van der Waals surface area contributed by atoms with E-state index in [2.05, 4.69) is 0 Å². The lowest BCUT2D eigenvalue weighted by atomic mass is 10.1. The number of hydrogen-bond donors (Lipinski definition) is 1. The molecule has 2 rings (SSSR count). The first kappa shape index (κ1) is 13.1. The van der Waals surface area contributed by atoms with Gasteiger partial charge in [-0.3, -0.25) is 9.59 Å². The van der Waals surface area contributed by atoms with Crippen LogP contribution in [0.2, 0.25) is 5.02 Å². The van der Waals surface area contributed by atoms with Gasteiger partial charge in [0.05, 0.1) is 21.9 Å². The zero-order valence-corrected chi connectivity index (χ0v) is 11.0. The van der Waals surface area contributed by atoms with Crippen molar-refractivity contribution >= 4 is 29.0 Å². The average Bonchev–Trinajstić information content (AvgIpc) is 2.51. The lowest BCUT2D eigenvalue weighted by Crippen LogP contribution is -2.34. The fourth-order valence-corrected chi connectivity index (χ4v) is 2.19. The number of para-hydroxylation sites is 1. The monoisotopic (exact) mass is 267 g/mol. The van der Waals surface area contributed by atoms with Crippen molar-refractivity contribution in [1.29, 1.82) is 0 Å². The van der Waals surface area contributed by atoms with E-state index >= 15 is 0 Å². The molecular formula is C13H14ClNO3. The van der Waals surface area contributed by atoms with Crippen molar-refractivity contribution in [3.8, 4) is 0 Å². The highest BCUT2D eigenvalue weighted by Gasteiger charge is 2.37. The summed E-state index contributed by atoms with van der Waals surface area (Å²) in [5.74, 6) is -1.12. The Morgan fingerprint density at radius 2 is 2.00 bits per heavy atom. The molecule has 0 aromatic heterocycles. The van der Waals surface area contributed by atoms with Gasteiger partial charge in [0, 0.05) is 6.54 Å². The lowest BCUT2D eigenvalue weighted by Gasteiger charge is -2.23. The molecule has 0 radical (unpaired) electrons. The minimum atomic E-state index is -0.895. The minimum absolute atomic E-state index is 0.269. The smallest absolute Gasteiger partial charge is 0.299 e. The Hall–Kier alpha value is -1.39. The van der Waals surface area contributed by atoms with Crippen LogP contribution in [-0.2, 0) is 4.79 Å². The van der Waals surface area contributed by atoms with Crippen molar-refractivity contribution in [3.05, 3.63) is 28.8 Å². The average molecular weight is 268 g/mol. The number of carbonyl (C=O) groups excluding carboxylic acids is 2. The van der Waals surface area contributed by atoms with E-state index in [1.54, 1.807) is 32.0 Å². The van der Waals surface area contributed by atoms with Crippen LogP contribution in [0.1, 0.15) is 30.6 Å². The maximum atomic E-state index is 11.9. The third-order valence-corrected chi connectivity index (χ3v) is 3.19. The highest BCUT2D eigenvalue weighted by atomic mass is 35.5. The van der Waals surface area contributed by atoms with E-state index in [0.717, 1.165) is 0 Å². The number of benzene rings is 1. The normalized spacial score (nSPS) is 15.2. The van der Waals surface area contributed by atoms with E-state index in [9.17, 15) is 14.7 Å². The molecule has 4 nitrogen and oxygen atoms in total. The van der Waals surface area contributed by atoms with E-state index in [1.807, 2.05) is 0 Å². The van der Waals surface area contributed by atoms with E-state index in [0.29, 0.717) is 22.7 Å². The van der Waals surface area contributed by atoms with Crippen molar-refractivity contribution < 1.29 is 14.7 Å². The van der Waals surface area contributed by atoms with Gasteiger partial charge in [0.15, 0.2) is 0 Å². The van der Waals surface area contributed by atoms with Gasteiger partial charge in [-0.1, -0.05) is 17.7 Å². The number of hydrogen-bond acceptors (Lipinski definition) is 3. The molecule has 1 heterocycles. The van der Waals surface area contributed by atoms with Crippen LogP contribution in [0, 0.1) is 0 Å². The van der Waals surface area contributed by atoms with E-state index < -0.39 is 17.3 Å². The molecule has 0 aliphatic carbocycles. The van der Waals surface area contributed by atoms with Crippen LogP contribution in [0.25, 0.3) is 0 Å². The Morgan fingerprint density at radius 1 is 1.33 bits per heavy atom.